The zero-order chi connectivity index (χ0) is 21.0. The summed E-state index contributed by atoms with van der Waals surface area (Å²) in [5.41, 5.74) is 1.63. The van der Waals surface area contributed by atoms with E-state index in [1.165, 1.54) is 23.5 Å². The minimum absolute atomic E-state index is 0.0152. The fourth-order valence-electron chi connectivity index (χ4n) is 2.64. The fraction of sp³-hybridized carbons (Fsp3) is 0.200. The Labute approximate surface area is 172 Å². The van der Waals surface area contributed by atoms with Crippen molar-refractivity contribution in [3.63, 3.8) is 0 Å². The average Bonchev–Trinajstić information content (AvgIpc) is 3.07. The van der Waals surface area contributed by atoms with Gasteiger partial charge in [0.1, 0.15) is 11.6 Å². The van der Waals surface area contributed by atoms with E-state index in [1.54, 1.807) is 7.11 Å². The number of aromatic nitrogens is 1. The van der Waals surface area contributed by atoms with Crippen molar-refractivity contribution in [2.75, 3.05) is 18.2 Å². The largest absolute Gasteiger partial charge is 0.497 e. The van der Waals surface area contributed by atoms with Crippen molar-refractivity contribution < 1.29 is 22.3 Å². The van der Waals surface area contributed by atoms with E-state index in [2.05, 4.69) is 10.3 Å². The van der Waals surface area contributed by atoms with Gasteiger partial charge in [-0.05, 0) is 55.5 Å². The second-order valence-electron chi connectivity index (χ2n) is 6.22. The van der Waals surface area contributed by atoms with Crippen LogP contribution in [0.3, 0.4) is 0 Å². The van der Waals surface area contributed by atoms with Gasteiger partial charge in [-0.25, -0.2) is 17.8 Å². The van der Waals surface area contributed by atoms with E-state index in [0.717, 1.165) is 34.0 Å². The first kappa shape index (κ1) is 20.9. The second-order valence-corrected chi connectivity index (χ2v) is 9.54. The van der Waals surface area contributed by atoms with Crippen LogP contribution in [0.15, 0.2) is 53.4 Å². The van der Waals surface area contributed by atoms with Gasteiger partial charge in [0.25, 0.3) is 0 Å². The van der Waals surface area contributed by atoms with Crippen LogP contribution in [0, 0.1) is 12.7 Å². The highest BCUT2D eigenvalue weighted by atomic mass is 32.2. The lowest BCUT2D eigenvalue weighted by molar-refractivity contribution is -0.115. The highest BCUT2D eigenvalue weighted by molar-refractivity contribution is 7.91. The zero-order valence-electron chi connectivity index (χ0n) is 15.8. The number of nitrogens with zero attached hydrogens (tertiary/aromatic N) is 1. The van der Waals surface area contributed by atoms with Crippen LogP contribution >= 0.6 is 11.3 Å². The van der Waals surface area contributed by atoms with Crippen molar-refractivity contribution in [2.45, 2.75) is 18.2 Å². The van der Waals surface area contributed by atoms with Crippen LogP contribution in [0.4, 0.5) is 9.52 Å². The summed E-state index contributed by atoms with van der Waals surface area (Å²) in [6.07, 6.45) is -0.226. The SMILES string of the molecule is COc1ccc(-c2nc(NC(=O)CCS(=O)(=O)c3ccc(F)cc3)sc2C)cc1. The van der Waals surface area contributed by atoms with Crippen molar-refractivity contribution in [2.24, 2.45) is 0 Å². The molecule has 0 bridgehead atoms. The average molecular weight is 435 g/mol. The topological polar surface area (TPSA) is 85.4 Å². The number of sulfone groups is 1. The van der Waals surface area contributed by atoms with Crippen molar-refractivity contribution in [1.82, 2.24) is 4.98 Å². The number of aryl methyl sites for hydroxylation is 1. The number of benzene rings is 2. The Kier molecular flexibility index (Phi) is 6.29. The first-order chi connectivity index (χ1) is 13.8. The molecule has 1 N–H and O–H groups in total. The maximum Gasteiger partial charge on any atom is 0.227 e. The molecule has 152 valence electrons. The summed E-state index contributed by atoms with van der Waals surface area (Å²) in [5, 5.41) is 3.05. The van der Waals surface area contributed by atoms with E-state index >= 15 is 0 Å². The highest BCUT2D eigenvalue weighted by Crippen LogP contribution is 2.31. The van der Waals surface area contributed by atoms with Crippen LogP contribution in [0.2, 0.25) is 0 Å². The number of methoxy groups -OCH3 is 1. The summed E-state index contributed by atoms with van der Waals surface area (Å²) in [4.78, 5) is 17.5. The molecule has 2 aromatic carbocycles. The van der Waals surface area contributed by atoms with E-state index in [4.69, 9.17) is 4.74 Å². The Hall–Kier alpha value is -2.78. The summed E-state index contributed by atoms with van der Waals surface area (Å²) in [6.45, 7) is 1.89. The van der Waals surface area contributed by atoms with Crippen LogP contribution in [0.1, 0.15) is 11.3 Å². The number of anilines is 1. The van der Waals surface area contributed by atoms with Gasteiger partial charge in [0.2, 0.25) is 5.91 Å². The maximum atomic E-state index is 13.0. The Morgan fingerprint density at radius 3 is 2.41 bits per heavy atom. The molecule has 3 aromatic rings. The smallest absolute Gasteiger partial charge is 0.227 e. The Balaban J connectivity index is 1.64. The van der Waals surface area contributed by atoms with Crippen molar-refractivity contribution in [3.05, 3.63) is 59.2 Å². The van der Waals surface area contributed by atoms with Crippen molar-refractivity contribution in [1.29, 1.82) is 0 Å². The number of ether oxygens (including phenoxy) is 1. The predicted octanol–water partition coefficient (Wildman–Crippen LogP) is 4.07. The molecule has 0 saturated heterocycles. The Morgan fingerprint density at radius 2 is 1.79 bits per heavy atom. The van der Waals surface area contributed by atoms with Gasteiger partial charge in [-0.1, -0.05) is 0 Å². The number of hydrogen-bond acceptors (Lipinski definition) is 6. The molecule has 1 aromatic heterocycles. The van der Waals surface area contributed by atoms with Crippen LogP contribution in [0.25, 0.3) is 11.3 Å². The number of amides is 1. The first-order valence-corrected chi connectivity index (χ1v) is 11.2. The fourth-order valence-corrected chi connectivity index (χ4v) is 4.73. The third kappa shape index (κ3) is 5.18. The molecular formula is C20H19FN2O4S2. The number of rotatable bonds is 7. The first-order valence-electron chi connectivity index (χ1n) is 8.68. The van der Waals surface area contributed by atoms with Gasteiger partial charge in [0, 0.05) is 16.9 Å². The van der Waals surface area contributed by atoms with Crippen LogP contribution in [0.5, 0.6) is 5.75 Å². The van der Waals surface area contributed by atoms with Gasteiger partial charge < -0.3 is 10.1 Å². The lowest BCUT2D eigenvalue weighted by Crippen LogP contribution is -2.17. The zero-order valence-corrected chi connectivity index (χ0v) is 17.4. The van der Waals surface area contributed by atoms with Crippen molar-refractivity contribution in [3.8, 4) is 17.0 Å². The third-order valence-electron chi connectivity index (χ3n) is 4.18. The molecule has 9 heteroatoms. The molecule has 0 unspecified atom stereocenters. The molecule has 3 rings (SSSR count). The van der Waals surface area contributed by atoms with Gasteiger partial charge >= 0.3 is 0 Å². The second kappa shape index (κ2) is 8.71. The Morgan fingerprint density at radius 1 is 1.14 bits per heavy atom. The molecule has 0 aliphatic rings. The van der Waals surface area contributed by atoms with E-state index in [-0.39, 0.29) is 17.1 Å². The molecular weight excluding hydrogens is 415 g/mol. The van der Waals surface area contributed by atoms with Crippen molar-refractivity contribution >= 4 is 32.2 Å². The molecule has 0 saturated carbocycles. The molecule has 0 spiro atoms. The molecule has 1 amide bonds. The standard InChI is InChI=1S/C20H19FN2O4S2/c1-13-19(14-3-7-16(27-2)8-4-14)23-20(28-13)22-18(24)11-12-29(25,26)17-9-5-15(21)6-10-17/h3-10H,11-12H2,1-2H3,(H,22,23,24). The molecule has 0 atom stereocenters. The molecule has 0 radical (unpaired) electrons. The molecule has 1 heterocycles. The van der Waals surface area contributed by atoms with E-state index < -0.39 is 21.6 Å². The van der Waals surface area contributed by atoms with Gasteiger partial charge in [0.05, 0.1) is 23.5 Å². The molecule has 6 nitrogen and oxygen atoms in total. The molecule has 0 aliphatic heterocycles. The lowest BCUT2D eigenvalue weighted by Gasteiger charge is -2.05. The predicted molar refractivity (Wildman–Crippen MR) is 111 cm³/mol. The molecule has 29 heavy (non-hydrogen) atoms. The normalized spacial score (nSPS) is 11.3. The number of halogens is 1. The number of carbonyl (C=O) groups is 1. The summed E-state index contributed by atoms with van der Waals surface area (Å²) in [6, 6.07) is 11.9. The van der Waals surface area contributed by atoms with E-state index in [0.29, 0.717) is 5.13 Å². The van der Waals surface area contributed by atoms with Crippen LogP contribution in [-0.2, 0) is 14.6 Å². The lowest BCUT2D eigenvalue weighted by atomic mass is 10.1. The number of thiazole rings is 1. The monoisotopic (exact) mass is 434 g/mol. The van der Waals surface area contributed by atoms with Gasteiger partial charge in [-0.15, -0.1) is 11.3 Å². The Bertz CT molecular complexity index is 1110. The van der Waals surface area contributed by atoms with Gasteiger partial charge in [0.15, 0.2) is 15.0 Å². The van der Waals surface area contributed by atoms with Gasteiger partial charge in [-0.2, -0.15) is 0 Å². The summed E-state index contributed by atoms with van der Waals surface area (Å²) < 4.78 is 42.6. The summed E-state index contributed by atoms with van der Waals surface area (Å²) >= 11 is 1.31. The number of hydrogen-bond donors (Lipinski definition) is 1. The van der Waals surface area contributed by atoms with Crippen LogP contribution in [-0.4, -0.2) is 32.2 Å². The minimum atomic E-state index is -3.67. The van der Waals surface area contributed by atoms with E-state index in [1.807, 2.05) is 31.2 Å². The third-order valence-corrected chi connectivity index (χ3v) is 6.80. The highest BCUT2D eigenvalue weighted by Gasteiger charge is 2.18. The summed E-state index contributed by atoms with van der Waals surface area (Å²) in [7, 11) is -2.08. The minimum Gasteiger partial charge on any atom is -0.497 e. The van der Waals surface area contributed by atoms with Crippen LogP contribution < -0.4 is 10.1 Å². The maximum absolute atomic E-state index is 13.0. The number of carbonyl (C=O) groups excluding carboxylic acids is 1. The number of nitrogens with one attached hydrogen (secondary N) is 1. The van der Waals surface area contributed by atoms with Gasteiger partial charge in [-0.3, -0.25) is 4.79 Å². The van der Waals surface area contributed by atoms with E-state index in [9.17, 15) is 17.6 Å². The molecule has 0 aliphatic carbocycles. The quantitative estimate of drug-likeness (QED) is 0.567. The summed E-state index contributed by atoms with van der Waals surface area (Å²) in [5.74, 6) is -0.614. The molecule has 0 fully saturated rings.